The molecule has 0 heterocycles. The molecule has 0 saturated heterocycles. The molecule has 0 aliphatic rings. The lowest BCUT2D eigenvalue weighted by molar-refractivity contribution is 0.191. The molecular formula is C18H34O2. The van der Waals surface area contributed by atoms with E-state index in [4.69, 9.17) is 10.2 Å². The van der Waals surface area contributed by atoms with Crippen LogP contribution in [0.2, 0.25) is 0 Å². The topological polar surface area (TPSA) is 40.5 Å². The molecule has 0 atom stereocenters. The molecule has 0 radical (unpaired) electrons. The fourth-order valence-corrected chi connectivity index (χ4v) is 2.35. The highest BCUT2D eigenvalue weighted by Gasteiger charge is 1.92. The largest absolute Gasteiger partial charge is 0.481 e. The highest BCUT2D eigenvalue weighted by Crippen LogP contribution is 2.12. The first-order valence-corrected chi connectivity index (χ1v) is 8.52. The molecule has 0 bridgehead atoms. The Kier molecular flexibility index (Phi) is 15.4. The van der Waals surface area contributed by atoms with Crippen molar-refractivity contribution in [2.75, 3.05) is 0 Å². The smallest absolute Gasteiger partial charge is 0.274 e. The van der Waals surface area contributed by atoms with Crippen molar-refractivity contribution >= 4 is 0 Å². The normalized spacial score (nSPS) is 11.1. The van der Waals surface area contributed by atoms with E-state index in [0.29, 0.717) is 0 Å². The molecule has 20 heavy (non-hydrogen) atoms. The number of aliphatic hydroxyl groups excluding tert-OH is 1. The van der Waals surface area contributed by atoms with E-state index in [-0.39, 0.29) is 0 Å². The number of aliphatic hydroxyl groups is 2. The molecule has 0 fully saturated rings. The number of allylic oxidation sites excluding steroid dienone is 3. The fraction of sp³-hybridized carbons (Fsp3) is 0.778. The molecule has 0 aromatic heterocycles. The summed E-state index contributed by atoms with van der Waals surface area (Å²) in [6.45, 7) is 2.27. The third-order valence-electron chi connectivity index (χ3n) is 3.61. The van der Waals surface area contributed by atoms with Gasteiger partial charge in [-0.2, -0.15) is 0 Å². The van der Waals surface area contributed by atoms with Gasteiger partial charge in [0.15, 0.2) is 0 Å². The molecule has 2 nitrogen and oxygen atoms in total. The van der Waals surface area contributed by atoms with Gasteiger partial charge in [-0.3, -0.25) is 0 Å². The standard InChI is InChI=1S/C18H34O2/c1-2-3-4-5-6-7-8-9-10-11-12-13-14-15-16-17-18(19)20/h15-17,19-20H,2-14H2,1H3. The summed E-state index contributed by atoms with van der Waals surface area (Å²) in [5.41, 5.74) is 0. The molecule has 2 heteroatoms. The predicted molar refractivity (Wildman–Crippen MR) is 88.2 cm³/mol. The van der Waals surface area contributed by atoms with Crippen molar-refractivity contribution in [3.8, 4) is 0 Å². The number of hydrogen-bond acceptors (Lipinski definition) is 2. The summed E-state index contributed by atoms with van der Waals surface area (Å²) < 4.78 is 0. The SMILES string of the molecule is CCCCCCCCCCCCCCC=CC=C(O)O. The van der Waals surface area contributed by atoms with Crippen LogP contribution in [0.15, 0.2) is 24.2 Å². The van der Waals surface area contributed by atoms with Gasteiger partial charge in [0.25, 0.3) is 5.95 Å². The second kappa shape index (κ2) is 16.1. The molecule has 0 aliphatic heterocycles. The maximum Gasteiger partial charge on any atom is 0.274 e. The van der Waals surface area contributed by atoms with E-state index >= 15 is 0 Å². The second-order valence-corrected chi connectivity index (χ2v) is 5.63. The van der Waals surface area contributed by atoms with Crippen LogP contribution in [0.4, 0.5) is 0 Å². The second-order valence-electron chi connectivity index (χ2n) is 5.63. The van der Waals surface area contributed by atoms with E-state index in [1.165, 1.54) is 83.1 Å². The van der Waals surface area contributed by atoms with Crippen LogP contribution in [0.25, 0.3) is 0 Å². The van der Waals surface area contributed by atoms with Crippen molar-refractivity contribution < 1.29 is 10.2 Å². The van der Waals surface area contributed by atoms with Gasteiger partial charge in [0.1, 0.15) is 0 Å². The van der Waals surface area contributed by atoms with Crippen LogP contribution in [0.5, 0.6) is 0 Å². The Morgan fingerprint density at radius 2 is 1.15 bits per heavy atom. The van der Waals surface area contributed by atoms with Crippen molar-refractivity contribution in [1.29, 1.82) is 0 Å². The highest BCUT2D eigenvalue weighted by atomic mass is 16.5. The van der Waals surface area contributed by atoms with E-state index < -0.39 is 5.95 Å². The first-order valence-electron chi connectivity index (χ1n) is 8.52. The molecule has 0 aliphatic carbocycles. The maximum atomic E-state index is 8.52. The lowest BCUT2D eigenvalue weighted by atomic mass is 10.0. The first-order chi connectivity index (χ1) is 9.77. The van der Waals surface area contributed by atoms with Crippen molar-refractivity contribution in [2.45, 2.75) is 90.4 Å². The summed E-state index contributed by atoms with van der Waals surface area (Å²) >= 11 is 0. The third kappa shape index (κ3) is 17.1. The van der Waals surface area contributed by atoms with Crippen LogP contribution in [0.3, 0.4) is 0 Å². The third-order valence-corrected chi connectivity index (χ3v) is 3.61. The zero-order valence-electron chi connectivity index (χ0n) is 13.3. The molecule has 0 spiro atoms. The van der Waals surface area contributed by atoms with Crippen LogP contribution >= 0.6 is 0 Å². The van der Waals surface area contributed by atoms with Crippen LogP contribution < -0.4 is 0 Å². The lowest BCUT2D eigenvalue weighted by Gasteiger charge is -2.02. The highest BCUT2D eigenvalue weighted by molar-refractivity contribution is 5.01. The van der Waals surface area contributed by atoms with Gasteiger partial charge in [0.2, 0.25) is 0 Å². The quantitative estimate of drug-likeness (QED) is 0.214. The van der Waals surface area contributed by atoms with Crippen molar-refractivity contribution in [3.63, 3.8) is 0 Å². The van der Waals surface area contributed by atoms with Gasteiger partial charge in [-0.25, -0.2) is 0 Å². The molecule has 0 saturated carbocycles. The van der Waals surface area contributed by atoms with Gasteiger partial charge in [0, 0.05) is 6.08 Å². The lowest BCUT2D eigenvalue weighted by Crippen LogP contribution is -1.82. The maximum absolute atomic E-state index is 8.52. The molecule has 0 amide bonds. The van der Waals surface area contributed by atoms with Crippen LogP contribution in [0, 0.1) is 0 Å². The number of hydrogen-bond donors (Lipinski definition) is 2. The zero-order valence-corrected chi connectivity index (χ0v) is 13.3. The van der Waals surface area contributed by atoms with E-state index in [1.54, 1.807) is 6.08 Å². The molecule has 0 rings (SSSR count). The van der Waals surface area contributed by atoms with Gasteiger partial charge in [-0.1, -0.05) is 89.7 Å². The Morgan fingerprint density at radius 1 is 0.700 bits per heavy atom. The van der Waals surface area contributed by atoms with Crippen LogP contribution in [0.1, 0.15) is 90.4 Å². The van der Waals surface area contributed by atoms with Gasteiger partial charge in [-0.05, 0) is 12.8 Å². The summed E-state index contributed by atoms with van der Waals surface area (Å²) in [7, 11) is 0. The van der Waals surface area contributed by atoms with E-state index in [9.17, 15) is 0 Å². The number of rotatable bonds is 14. The summed E-state index contributed by atoms with van der Waals surface area (Å²) in [5.74, 6) is -0.615. The molecule has 0 aromatic carbocycles. The van der Waals surface area contributed by atoms with E-state index in [0.717, 1.165) is 6.42 Å². The van der Waals surface area contributed by atoms with E-state index in [1.807, 2.05) is 6.08 Å². The Balaban J connectivity index is 3.06. The summed E-state index contributed by atoms with van der Waals surface area (Å²) in [4.78, 5) is 0. The monoisotopic (exact) mass is 282 g/mol. The van der Waals surface area contributed by atoms with Gasteiger partial charge < -0.3 is 10.2 Å². The minimum atomic E-state index is -0.615. The Hall–Kier alpha value is -0.920. The Bertz CT molecular complexity index is 240. The van der Waals surface area contributed by atoms with E-state index in [2.05, 4.69) is 6.92 Å². The molecule has 0 aromatic rings. The Morgan fingerprint density at radius 3 is 1.60 bits per heavy atom. The predicted octanol–water partition coefficient (Wildman–Crippen LogP) is 6.59. The molecular weight excluding hydrogens is 248 g/mol. The molecule has 2 N–H and O–H groups in total. The average molecular weight is 282 g/mol. The van der Waals surface area contributed by atoms with Crippen LogP contribution in [-0.4, -0.2) is 10.2 Å². The number of unbranched alkanes of at least 4 members (excludes halogenated alkanes) is 12. The molecule has 0 unspecified atom stereocenters. The minimum absolute atomic E-state index is 0.615. The van der Waals surface area contributed by atoms with Crippen molar-refractivity contribution in [3.05, 3.63) is 24.2 Å². The molecule has 118 valence electrons. The van der Waals surface area contributed by atoms with Crippen LogP contribution in [-0.2, 0) is 0 Å². The average Bonchev–Trinajstić information content (AvgIpc) is 2.43. The van der Waals surface area contributed by atoms with Gasteiger partial charge in [0.05, 0.1) is 0 Å². The summed E-state index contributed by atoms with van der Waals surface area (Å²) in [6, 6.07) is 0. The van der Waals surface area contributed by atoms with Gasteiger partial charge >= 0.3 is 0 Å². The Labute approximate surface area is 125 Å². The minimum Gasteiger partial charge on any atom is -0.481 e. The fourth-order valence-electron chi connectivity index (χ4n) is 2.35. The van der Waals surface area contributed by atoms with Gasteiger partial charge in [-0.15, -0.1) is 0 Å². The summed E-state index contributed by atoms with van der Waals surface area (Å²) in [6.07, 6.45) is 22.5. The summed E-state index contributed by atoms with van der Waals surface area (Å²) in [5, 5.41) is 17.0. The first kappa shape index (κ1) is 19.1. The van der Waals surface area contributed by atoms with Crippen molar-refractivity contribution in [2.24, 2.45) is 0 Å². The van der Waals surface area contributed by atoms with Crippen molar-refractivity contribution in [1.82, 2.24) is 0 Å². The zero-order chi connectivity index (χ0) is 14.9.